The first-order valence-corrected chi connectivity index (χ1v) is 12.0. The minimum absolute atomic E-state index is 0.194. The van der Waals surface area contributed by atoms with Crippen LogP contribution in [0.2, 0.25) is 0 Å². The largest absolute Gasteiger partial charge is 0.494 e. The summed E-state index contributed by atoms with van der Waals surface area (Å²) in [6, 6.07) is 15.0. The molecule has 8 nitrogen and oxygen atoms in total. The number of hydrazine groups is 1. The second kappa shape index (κ2) is 11.3. The van der Waals surface area contributed by atoms with Gasteiger partial charge in [0.1, 0.15) is 5.75 Å². The summed E-state index contributed by atoms with van der Waals surface area (Å²) in [5.41, 5.74) is 7.31. The van der Waals surface area contributed by atoms with Gasteiger partial charge in [0.05, 0.1) is 17.7 Å². The first-order valence-electron chi connectivity index (χ1n) is 12.0. The molecule has 2 aromatic carbocycles. The van der Waals surface area contributed by atoms with Crippen LogP contribution in [0.5, 0.6) is 5.75 Å². The van der Waals surface area contributed by atoms with Crippen LogP contribution in [0.15, 0.2) is 48.5 Å². The van der Waals surface area contributed by atoms with Crippen molar-refractivity contribution in [3.8, 4) is 5.75 Å². The van der Waals surface area contributed by atoms with Gasteiger partial charge >= 0.3 is 0 Å². The third-order valence-corrected chi connectivity index (χ3v) is 6.23. The summed E-state index contributed by atoms with van der Waals surface area (Å²) in [6.07, 6.45) is 3.79. The standard InChI is InChI=1S/C26H32N4O4/c27-24(31)12-6-15-29(30-25(32)22-10-1-2-11-23(22)26(30)33)16-7-17-34-21-9-5-8-20(18-21)19-28-13-3-4-14-28/h1-2,5,8-11,18H,3-4,6-7,12-17,19H2,(H2,27,31). The Hall–Kier alpha value is -3.23. The van der Waals surface area contributed by atoms with Crippen molar-refractivity contribution in [2.45, 2.75) is 38.6 Å². The smallest absolute Gasteiger partial charge is 0.276 e. The SMILES string of the molecule is NC(=O)CCCN(CCCOc1cccc(CN2CCCC2)c1)N1C(=O)c2ccccc2C1=O. The maximum atomic E-state index is 12.9. The van der Waals surface area contributed by atoms with E-state index in [-0.39, 0.29) is 18.2 Å². The van der Waals surface area contributed by atoms with Crippen molar-refractivity contribution < 1.29 is 19.1 Å². The third kappa shape index (κ3) is 5.81. The van der Waals surface area contributed by atoms with Crippen molar-refractivity contribution in [1.82, 2.24) is 14.9 Å². The number of nitrogens with zero attached hydrogens (tertiary/aromatic N) is 3. The van der Waals surface area contributed by atoms with Gasteiger partial charge in [-0.2, -0.15) is 0 Å². The van der Waals surface area contributed by atoms with Crippen molar-refractivity contribution >= 4 is 17.7 Å². The zero-order valence-electron chi connectivity index (χ0n) is 19.4. The molecule has 0 spiro atoms. The summed E-state index contributed by atoms with van der Waals surface area (Å²) < 4.78 is 5.97. The van der Waals surface area contributed by atoms with E-state index in [1.54, 1.807) is 29.3 Å². The van der Waals surface area contributed by atoms with E-state index in [0.29, 0.717) is 43.7 Å². The van der Waals surface area contributed by atoms with E-state index in [0.717, 1.165) is 25.4 Å². The van der Waals surface area contributed by atoms with E-state index in [9.17, 15) is 14.4 Å². The van der Waals surface area contributed by atoms with Gasteiger partial charge in [0.2, 0.25) is 5.91 Å². The van der Waals surface area contributed by atoms with Crippen molar-refractivity contribution in [3.05, 3.63) is 65.2 Å². The lowest BCUT2D eigenvalue weighted by molar-refractivity contribution is -0.118. The molecule has 0 atom stereocenters. The summed E-state index contributed by atoms with van der Waals surface area (Å²) in [4.78, 5) is 39.5. The predicted octanol–water partition coefficient (Wildman–Crippen LogP) is 2.83. The summed E-state index contributed by atoms with van der Waals surface area (Å²) in [7, 11) is 0. The summed E-state index contributed by atoms with van der Waals surface area (Å²) in [5.74, 6) is -0.262. The molecule has 0 aromatic heterocycles. The highest BCUT2D eigenvalue weighted by atomic mass is 16.5. The van der Waals surface area contributed by atoms with Gasteiger partial charge < -0.3 is 10.5 Å². The van der Waals surface area contributed by atoms with Gasteiger partial charge in [0.25, 0.3) is 11.8 Å². The second-order valence-electron chi connectivity index (χ2n) is 8.82. The quantitative estimate of drug-likeness (QED) is 0.383. The van der Waals surface area contributed by atoms with Crippen molar-refractivity contribution in [2.75, 3.05) is 32.8 Å². The lowest BCUT2D eigenvalue weighted by Crippen LogP contribution is -2.47. The minimum Gasteiger partial charge on any atom is -0.494 e. The molecule has 2 heterocycles. The molecule has 2 aromatic rings. The molecule has 4 rings (SSSR count). The van der Waals surface area contributed by atoms with Gasteiger partial charge in [0.15, 0.2) is 0 Å². The van der Waals surface area contributed by atoms with Crippen LogP contribution in [0.4, 0.5) is 0 Å². The number of likely N-dealkylation sites (tertiary alicyclic amines) is 1. The monoisotopic (exact) mass is 464 g/mol. The maximum absolute atomic E-state index is 12.9. The van der Waals surface area contributed by atoms with Gasteiger partial charge in [-0.1, -0.05) is 24.3 Å². The number of imide groups is 1. The Balaban J connectivity index is 1.34. The van der Waals surface area contributed by atoms with E-state index in [1.807, 2.05) is 12.1 Å². The number of carbonyl (C=O) groups excluding carboxylic acids is 3. The van der Waals surface area contributed by atoms with Crippen LogP contribution in [0.3, 0.4) is 0 Å². The van der Waals surface area contributed by atoms with Crippen molar-refractivity contribution in [3.63, 3.8) is 0 Å². The number of carbonyl (C=O) groups is 3. The summed E-state index contributed by atoms with van der Waals surface area (Å²) in [6.45, 7) is 4.49. The van der Waals surface area contributed by atoms with Crippen LogP contribution < -0.4 is 10.5 Å². The molecule has 0 aliphatic carbocycles. The number of amides is 3. The molecule has 34 heavy (non-hydrogen) atoms. The van der Waals surface area contributed by atoms with Crippen molar-refractivity contribution in [1.29, 1.82) is 0 Å². The van der Waals surface area contributed by atoms with Gasteiger partial charge in [0, 0.05) is 26.1 Å². The van der Waals surface area contributed by atoms with Crippen LogP contribution in [0.25, 0.3) is 0 Å². The molecule has 2 aliphatic heterocycles. The molecule has 0 radical (unpaired) electrons. The topological polar surface area (TPSA) is 96.2 Å². The summed E-state index contributed by atoms with van der Waals surface area (Å²) in [5, 5.41) is 2.91. The average Bonchev–Trinajstić information content (AvgIpc) is 3.42. The van der Waals surface area contributed by atoms with Gasteiger partial charge in [-0.25, -0.2) is 10.0 Å². The van der Waals surface area contributed by atoms with E-state index >= 15 is 0 Å². The number of primary amides is 1. The molecular weight excluding hydrogens is 432 g/mol. The number of benzene rings is 2. The van der Waals surface area contributed by atoms with Crippen LogP contribution in [0, 0.1) is 0 Å². The zero-order chi connectivity index (χ0) is 23.9. The molecule has 1 saturated heterocycles. The molecule has 0 saturated carbocycles. The van der Waals surface area contributed by atoms with Gasteiger partial charge in [-0.05, 0) is 68.6 Å². The van der Waals surface area contributed by atoms with Crippen molar-refractivity contribution in [2.24, 2.45) is 5.73 Å². The molecule has 180 valence electrons. The molecule has 2 aliphatic rings. The number of rotatable bonds is 12. The third-order valence-electron chi connectivity index (χ3n) is 6.23. The van der Waals surface area contributed by atoms with Gasteiger partial charge in [-0.3, -0.25) is 19.3 Å². The Bertz CT molecular complexity index is 1000. The lowest BCUT2D eigenvalue weighted by Gasteiger charge is -2.30. The second-order valence-corrected chi connectivity index (χ2v) is 8.82. The lowest BCUT2D eigenvalue weighted by atomic mass is 10.1. The van der Waals surface area contributed by atoms with Crippen LogP contribution in [0.1, 0.15) is 58.4 Å². The Labute approximate surface area is 200 Å². The highest BCUT2D eigenvalue weighted by Gasteiger charge is 2.38. The molecule has 1 fully saturated rings. The Morgan fingerprint density at radius 1 is 0.941 bits per heavy atom. The highest BCUT2D eigenvalue weighted by molar-refractivity contribution is 6.20. The number of hydrogen-bond acceptors (Lipinski definition) is 6. The molecule has 8 heteroatoms. The van der Waals surface area contributed by atoms with E-state index in [4.69, 9.17) is 10.5 Å². The van der Waals surface area contributed by atoms with Crippen LogP contribution in [-0.2, 0) is 11.3 Å². The number of ether oxygens (including phenoxy) is 1. The summed E-state index contributed by atoms with van der Waals surface area (Å²) >= 11 is 0. The maximum Gasteiger partial charge on any atom is 0.276 e. The van der Waals surface area contributed by atoms with Crippen LogP contribution in [-0.4, -0.2) is 65.4 Å². The first-order chi connectivity index (χ1) is 16.5. The van der Waals surface area contributed by atoms with Gasteiger partial charge in [-0.15, -0.1) is 0 Å². The number of nitrogens with two attached hydrogens (primary N) is 1. The number of fused-ring (bicyclic) bond motifs is 1. The molecular formula is C26H32N4O4. The fourth-order valence-corrected chi connectivity index (χ4v) is 4.55. The first kappa shape index (κ1) is 23.9. The Morgan fingerprint density at radius 2 is 1.62 bits per heavy atom. The Kier molecular flexibility index (Phi) is 7.92. The average molecular weight is 465 g/mol. The Morgan fingerprint density at radius 3 is 2.29 bits per heavy atom. The minimum atomic E-state index is -0.403. The number of hydrogen-bond donors (Lipinski definition) is 1. The van der Waals surface area contributed by atoms with E-state index < -0.39 is 5.91 Å². The molecule has 0 bridgehead atoms. The van der Waals surface area contributed by atoms with E-state index in [2.05, 4.69) is 17.0 Å². The van der Waals surface area contributed by atoms with Crippen LogP contribution >= 0.6 is 0 Å². The highest BCUT2D eigenvalue weighted by Crippen LogP contribution is 2.25. The fraction of sp³-hybridized carbons (Fsp3) is 0.423. The molecule has 3 amide bonds. The fourth-order valence-electron chi connectivity index (χ4n) is 4.55. The van der Waals surface area contributed by atoms with E-state index in [1.165, 1.54) is 23.4 Å². The normalized spacial score (nSPS) is 15.9. The molecule has 2 N–H and O–H groups in total. The predicted molar refractivity (Wildman–Crippen MR) is 128 cm³/mol. The zero-order valence-corrected chi connectivity index (χ0v) is 19.4. The molecule has 0 unspecified atom stereocenters.